The van der Waals surface area contributed by atoms with Crippen LogP contribution in [0.25, 0.3) is 22.4 Å². The number of thiol groups is 1. The Morgan fingerprint density at radius 2 is 1.82 bits per heavy atom. The molecule has 1 aromatic carbocycles. The predicted molar refractivity (Wildman–Crippen MR) is 117 cm³/mol. The average molecular weight is 485 g/mol. The molecule has 0 aliphatic heterocycles. The normalized spacial score (nSPS) is 11.8. The van der Waals surface area contributed by atoms with E-state index in [-0.39, 0.29) is 11.4 Å². The smallest absolute Gasteiger partial charge is 0.320 e. The number of benzene rings is 1. The molecule has 0 aliphatic rings. The minimum absolute atomic E-state index is 0.140. The zero-order chi connectivity index (χ0) is 24.0. The summed E-state index contributed by atoms with van der Waals surface area (Å²) in [5.41, 5.74) is -0.954. The third-order valence-corrected chi connectivity index (χ3v) is 5.32. The number of carbonyl (C=O) groups is 1. The number of aromatic nitrogens is 8. The Morgan fingerprint density at radius 1 is 1.06 bits per heavy atom. The summed E-state index contributed by atoms with van der Waals surface area (Å²) >= 11 is 4.30. The van der Waals surface area contributed by atoms with Gasteiger partial charge in [-0.3, -0.25) is 9.48 Å². The number of aryl methyl sites for hydroxylation is 1. The third kappa shape index (κ3) is 3.67. The number of carbonyl (C=O) groups excluding carboxylic acids is 1. The maximum Gasteiger partial charge on any atom is 0.434 e. The molecule has 0 fully saturated rings. The van der Waals surface area contributed by atoms with Gasteiger partial charge in [-0.25, -0.2) is 9.67 Å². The second-order valence-electron chi connectivity index (χ2n) is 7.13. The summed E-state index contributed by atoms with van der Waals surface area (Å²) in [5.74, 6) is -0.712. The molecule has 1 N–H and O–H groups in total. The van der Waals surface area contributed by atoms with Crippen molar-refractivity contribution in [2.24, 2.45) is 7.05 Å². The fourth-order valence-corrected chi connectivity index (χ4v) is 3.80. The minimum atomic E-state index is -4.86. The van der Waals surface area contributed by atoms with E-state index in [0.29, 0.717) is 26.3 Å². The lowest BCUT2D eigenvalue weighted by atomic mass is 10.2. The van der Waals surface area contributed by atoms with Crippen LogP contribution in [-0.4, -0.2) is 45.4 Å². The van der Waals surface area contributed by atoms with Gasteiger partial charge in [0.2, 0.25) is 0 Å². The van der Waals surface area contributed by atoms with Gasteiger partial charge < -0.3 is 5.32 Å². The highest BCUT2D eigenvalue weighted by Crippen LogP contribution is 2.35. The van der Waals surface area contributed by atoms with Gasteiger partial charge in [0.25, 0.3) is 5.91 Å². The van der Waals surface area contributed by atoms with Crippen LogP contribution in [0, 0.1) is 0 Å². The highest BCUT2D eigenvalue weighted by atomic mass is 32.1. The fourth-order valence-electron chi connectivity index (χ4n) is 3.51. The zero-order valence-electron chi connectivity index (χ0n) is 17.3. The molecule has 0 aliphatic carbocycles. The SMILES string of the molecule is Cn1ncc2c(-n3ncc(C(=O)Nc4cnc(-n5nccn5)c(S)c4)c3C(F)(F)F)cccc21. The molecule has 5 rings (SSSR count). The van der Waals surface area contributed by atoms with E-state index < -0.39 is 23.3 Å². The van der Waals surface area contributed by atoms with Gasteiger partial charge >= 0.3 is 6.18 Å². The highest BCUT2D eigenvalue weighted by Gasteiger charge is 2.41. The molecule has 14 heteroatoms. The molecule has 10 nitrogen and oxygen atoms in total. The Kier molecular flexibility index (Phi) is 5.08. The van der Waals surface area contributed by atoms with Crippen LogP contribution in [0.15, 0.2) is 60.1 Å². The number of nitrogens with one attached hydrogen (secondary N) is 1. The first-order valence-electron chi connectivity index (χ1n) is 9.67. The predicted octanol–water partition coefficient (Wildman–Crippen LogP) is 3.29. The minimum Gasteiger partial charge on any atom is -0.320 e. The second kappa shape index (κ2) is 7.98. The van der Waals surface area contributed by atoms with Crippen molar-refractivity contribution in [2.45, 2.75) is 11.1 Å². The van der Waals surface area contributed by atoms with Crippen molar-refractivity contribution in [3.05, 3.63) is 66.5 Å². The number of rotatable bonds is 4. The number of hydrogen-bond acceptors (Lipinski definition) is 7. The zero-order valence-corrected chi connectivity index (χ0v) is 18.2. The van der Waals surface area contributed by atoms with E-state index in [1.807, 2.05) is 0 Å². The molecule has 0 atom stereocenters. The number of hydrogen-bond donors (Lipinski definition) is 2. The topological polar surface area (TPSA) is 108 Å². The van der Waals surface area contributed by atoms with Crippen molar-refractivity contribution >= 4 is 35.1 Å². The summed E-state index contributed by atoms with van der Waals surface area (Å²) < 4.78 is 44.5. The van der Waals surface area contributed by atoms with Crippen molar-refractivity contribution in [1.29, 1.82) is 0 Å². The van der Waals surface area contributed by atoms with E-state index in [9.17, 15) is 18.0 Å². The number of nitrogens with zero attached hydrogens (tertiary/aromatic N) is 8. The molecular formula is C20H14F3N9OS. The number of amides is 1. The second-order valence-corrected chi connectivity index (χ2v) is 7.62. The van der Waals surface area contributed by atoms with Gasteiger partial charge in [0.05, 0.1) is 58.3 Å². The molecule has 0 saturated heterocycles. The van der Waals surface area contributed by atoms with Gasteiger partial charge in [-0.05, 0) is 18.2 Å². The van der Waals surface area contributed by atoms with Gasteiger partial charge in [-0.15, -0.1) is 17.4 Å². The van der Waals surface area contributed by atoms with Crippen LogP contribution in [0.5, 0.6) is 0 Å². The van der Waals surface area contributed by atoms with Crippen molar-refractivity contribution in [3.63, 3.8) is 0 Å². The molecule has 1 amide bonds. The summed E-state index contributed by atoms with van der Waals surface area (Å²) in [6.45, 7) is 0. The quantitative estimate of drug-likeness (QED) is 0.378. The number of fused-ring (bicyclic) bond motifs is 1. The number of pyridine rings is 1. The van der Waals surface area contributed by atoms with Gasteiger partial charge in [0.15, 0.2) is 11.5 Å². The van der Waals surface area contributed by atoms with Crippen LogP contribution in [-0.2, 0) is 13.2 Å². The Labute approximate surface area is 194 Å². The maximum absolute atomic E-state index is 14.1. The molecule has 0 bridgehead atoms. The van der Waals surface area contributed by atoms with Crippen LogP contribution in [0.4, 0.5) is 18.9 Å². The van der Waals surface area contributed by atoms with Crippen LogP contribution in [0.2, 0.25) is 0 Å². The van der Waals surface area contributed by atoms with Gasteiger partial charge in [0, 0.05) is 12.4 Å². The van der Waals surface area contributed by atoms with Crippen molar-refractivity contribution in [3.8, 4) is 11.5 Å². The van der Waals surface area contributed by atoms with E-state index in [1.165, 1.54) is 46.4 Å². The largest absolute Gasteiger partial charge is 0.434 e. The van der Waals surface area contributed by atoms with E-state index in [2.05, 4.69) is 43.3 Å². The highest BCUT2D eigenvalue weighted by molar-refractivity contribution is 7.80. The molecule has 4 aromatic heterocycles. The van der Waals surface area contributed by atoms with Crippen LogP contribution in [0.1, 0.15) is 16.1 Å². The van der Waals surface area contributed by atoms with Crippen molar-refractivity contribution in [1.82, 2.24) is 39.5 Å². The van der Waals surface area contributed by atoms with E-state index in [4.69, 9.17) is 0 Å². The summed E-state index contributed by atoms with van der Waals surface area (Å²) in [4.78, 5) is 18.5. The molecule has 0 unspecified atom stereocenters. The van der Waals surface area contributed by atoms with Gasteiger partial charge in [-0.1, -0.05) is 6.07 Å². The monoisotopic (exact) mass is 485 g/mol. The Bertz CT molecular complexity index is 1520. The van der Waals surface area contributed by atoms with Crippen molar-refractivity contribution in [2.75, 3.05) is 5.32 Å². The van der Waals surface area contributed by atoms with E-state index >= 15 is 0 Å². The Balaban J connectivity index is 1.53. The standard InChI is InChI=1S/C20H14F3N9OS/c1-30-14-3-2-4-15(12(14)9-27-30)31-17(20(21,22)23)13(10-28-31)19(33)29-11-7-16(34)18(24-8-11)32-25-5-6-26-32/h2-10,34H,1H3,(H,29,33). The molecule has 172 valence electrons. The Hall–Kier alpha value is -4.20. The lowest BCUT2D eigenvalue weighted by Crippen LogP contribution is -2.21. The lowest BCUT2D eigenvalue weighted by molar-refractivity contribution is -0.143. The third-order valence-electron chi connectivity index (χ3n) is 4.99. The molecule has 0 radical (unpaired) electrons. The molecule has 34 heavy (non-hydrogen) atoms. The van der Waals surface area contributed by atoms with Crippen molar-refractivity contribution < 1.29 is 18.0 Å². The summed E-state index contributed by atoms with van der Waals surface area (Å²) in [6.07, 6.45) is 1.63. The van der Waals surface area contributed by atoms with Gasteiger partial charge in [0.1, 0.15) is 0 Å². The average Bonchev–Trinajstić information content (AvgIpc) is 3.53. The van der Waals surface area contributed by atoms with E-state index in [0.717, 1.165) is 6.20 Å². The van der Waals surface area contributed by atoms with Crippen LogP contribution < -0.4 is 5.32 Å². The number of alkyl halides is 3. The first kappa shape index (κ1) is 21.6. The van der Waals surface area contributed by atoms with Crippen LogP contribution >= 0.6 is 12.6 Å². The molecular weight excluding hydrogens is 471 g/mol. The Morgan fingerprint density at radius 3 is 2.53 bits per heavy atom. The lowest BCUT2D eigenvalue weighted by Gasteiger charge is -2.14. The van der Waals surface area contributed by atoms with E-state index in [1.54, 1.807) is 19.2 Å². The number of anilines is 1. The molecule has 4 heterocycles. The first-order chi connectivity index (χ1) is 16.2. The summed E-state index contributed by atoms with van der Waals surface area (Å²) in [5, 5.41) is 18.7. The summed E-state index contributed by atoms with van der Waals surface area (Å²) in [6, 6.07) is 6.23. The first-order valence-corrected chi connectivity index (χ1v) is 10.1. The molecule has 0 saturated carbocycles. The fraction of sp³-hybridized carbons (Fsp3) is 0.100. The maximum atomic E-state index is 14.1. The van der Waals surface area contributed by atoms with Gasteiger partial charge in [-0.2, -0.15) is 33.6 Å². The molecule has 5 aromatic rings. The summed E-state index contributed by atoms with van der Waals surface area (Å²) in [7, 11) is 1.68. The number of halogens is 3. The van der Waals surface area contributed by atoms with Crippen LogP contribution in [0.3, 0.4) is 0 Å². The molecule has 0 spiro atoms.